The van der Waals surface area contributed by atoms with Crippen LogP contribution in [0.1, 0.15) is 57.8 Å². The van der Waals surface area contributed by atoms with Gasteiger partial charge in [-0.2, -0.15) is 15.0 Å². The van der Waals surface area contributed by atoms with Gasteiger partial charge in [-0.05, 0) is 51.0 Å². The molecule has 144 valence electrons. The first-order valence-corrected chi connectivity index (χ1v) is 9.74. The normalized spacial score (nSPS) is 20.3. The summed E-state index contributed by atoms with van der Waals surface area (Å²) in [6.45, 7) is 4.89. The Morgan fingerprint density at radius 2 is 1.96 bits per heavy atom. The maximum atomic E-state index is 14.4. The standard InChI is InChI=1S/C21H28FN5/c1-4-13-23-19-25-18(21(2,3)22)26-20(27-19)24-17-12-8-11-16(17)14-15-9-6-5-7-10-15/h5-7,9-10,13,16-17H,4,8,11-12,14H2,1-3H3,(H,24,25,26,27). The van der Waals surface area contributed by atoms with Crippen LogP contribution in [0.2, 0.25) is 0 Å². The van der Waals surface area contributed by atoms with Gasteiger partial charge >= 0.3 is 0 Å². The lowest BCUT2D eigenvalue weighted by molar-refractivity contribution is 0.206. The van der Waals surface area contributed by atoms with Crippen LogP contribution in [0.3, 0.4) is 0 Å². The van der Waals surface area contributed by atoms with E-state index >= 15 is 0 Å². The largest absolute Gasteiger partial charge is 0.351 e. The van der Waals surface area contributed by atoms with Gasteiger partial charge in [-0.1, -0.05) is 43.7 Å². The molecule has 1 aliphatic rings. The Bertz CT molecular complexity index is 770. The van der Waals surface area contributed by atoms with Gasteiger partial charge in [0.25, 0.3) is 5.95 Å². The SMILES string of the molecule is CCC=Nc1nc(NC2CCCC2Cc2ccccc2)nc(C(C)(C)F)n1. The number of benzene rings is 1. The first-order chi connectivity index (χ1) is 13.0. The highest BCUT2D eigenvalue weighted by molar-refractivity contribution is 5.60. The number of aliphatic imine (C=N–C) groups is 1. The maximum absolute atomic E-state index is 14.4. The fourth-order valence-electron chi connectivity index (χ4n) is 3.48. The Morgan fingerprint density at radius 1 is 1.19 bits per heavy atom. The van der Waals surface area contributed by atoms with E-state index in [-0.39, 0.29) is 17.8 Å². The van der Waals surface area contributed by atoms with Crippen molar-refractivity contribution in [2.75, 3.05) is 5.32 Å². The molecule has 0 spiro atoms. The molecule has 1 aliphatic carbocycles. The van der Waals surface area contributed by atoms with Gasteiger partial charge in [0, 0.05) is 12.3 Å². The number of anilines is 1. The minimum absolute atomic E-state index is 0.112. The third-order valence-corrected chi connectivity index (χ3v) is 4.86. The van der Waals surface area contributed by atoms with Crippen LogP contribution in [0.15, 0.2) is 35.3 Å². The van der Waals surface area contributed by atoms with Crippen LogP contribution in [0.25, 0.3) is 0 Å². The molecule has 3 rings (SSSR count). The molecule has 1 aromatic heterocycles. The van der Waals surface area contributed by atoms with Crippen LogP contribution in [-0.2, 0) is 12.1 Å². The number of alkyl halides is 1. The Kier molecular flexibility index (Phi) is 6.14. The number of rotatable bonds is 7. The molecule has 27 heavy (non-hydrogen) atoms. The summed E-state index contributed by atoms with van der Waals surface area (Å²) >= 11 is 0. The molecule has 0 radical (unpaired) electrons. The van der Waals surface area contributed by atoms with Gasteiger partial charge in [0.15, 0.2) is 11.5 Å². The first kappa shape index (κ1) is 19.4. The fraction of sp³-hybridized carbons (Fsp3) is 0.524. The van der Waals surface area contributed by atoms with Gasteiger partial charge in [-0.25, -0.2) is 9.38 Å². The lowest BCUT2D eigenvalue weighted by Crippen LogP contribution is -2.27. The van der Waals surface area contributed by atoms with E-state index in [4.69, 9.17) is 0 Å². The van der Waals surface area contributed by atoms with E-state index in [1.54, 1.807) is 6.21 Å². The second kappa shape index (κ2) is 8.55. The summed E-state index contributed by atoms with van der Waals surface area (Å²) < 4.78 is 14.4. The van der Waals surface area contributed by atoms with Gasteiger partial charge in [0.1, 0.15) is 0 Å². The van der Waals surface area contributed by atoms with Crippen molar-refractivity contribution in [3.05, 3.63) is 41.7 Å². The number of nitrogens with zero attached hydrogens (tertiary/aromatic N) is 4. The third-order valence-electron chi connectivity index (χ3n) is 4.86. The summed E-state index contributed by atoms with van der Waals surface area (Å²) in [6, 6.07) is 10.8. The van der Waals surface area contributed by atoms with Crippen LogP contribution in [0.5, 0.6) is 0 Å². The summed E-state index contributed by atoms with van der Waals surface area (Å²) in [5.41, 5.74) is -0.305. The quantitative estimate of drug-likeness (QED) is 0.697. The number of nitrogens with one attached hydrogen (secondary N) is 1. The van der Waals surface area contributed by atoms with Crippen LogP contribution >= 0.6 is 0 Å². The molecule has 2 aromatic rings. The second-order valence-corrected chi connectivity index (χ2v) is 7.61. The summed E-state index contributed by atoms with van der Waals surface area (Å²) in [7, 11) is 0. The molecule has 0 saturated heterocycles. The monoisotopic (exact) mass is 369 g/mol. The van der Waals surface area contributed by atoms with Crippen LogP contribution in [0, 0.1) is 5.92 Å². The predicted octanol–water partition coefficient (Wildman–Crippen LogP) is 5.01. The van der Waals surface area contributed by atoms with Gasteiger partial charge in [-0.15, -0.1) is 0 Å². The van der Waals surface area contributed by atoms with E-state index in [1.165, 1.54) is 32.3 Å². The van der Waals surface area contributed by atoms with Crippen LogP contribution in [-0.4, -0.2) is 27.2 Å². The molecule has 2 unspecified atom stereocenters. The van der Waals surface area contributed by atoms with Crippen molar-refractivity contribution in [3.63, 3.8) is 0 Å². The number of hydrogen-bond acceptors (Lipinski definition) is 5. The number of halogens is 1. The lowest BCUT2D eigenvalue weighted by atomic mass is 9.95. The van der Waals surface area contributed by atoms with Gasteiger partial charge < -0.3 is 5.32 Å². The molecule has 6 heteroatoms. The van der Waals surface area contributed by atoms with Crippen molar-refractivity contribution in [1.29, 1.82) is 0 Å². The summed E-state index contributed by atoms with van der Waals surface area (Å²) in [5.74, 6) is 1.29. The molecule has 5 nitrogen and oxygen atoms in total. The summed E-state index contributed by atoms with van der Waals surface area (Å²) in [5, 5.41) is 3.44. The predicted molar refractivity (Wildman–Crippen MR) is 107 cm³/mol. The third kappa shape index (κ3) is 5.31. The maximum Gasteiger partial charge on any atom is 0.254 e. The second-order valence-electron chi connectivity index (χ2n) is 7.61. The van der Waals surface area contributed by atoms with E-state index in [2.05, 4.69) is 49.5 Å². The van der Waals surface area contributed by atoms with Crippen molar-refractivity contribution >= 4 is 18.1 Å². The number of hydrogen-bond donors (Lipinski definition) is 1. The Balaban J connectivity index is 1.79. The highest BCUT2D eigenvalue weighted by Crippen LogP contribution is 2.31. The molecule has 0 amide bonds. The summed E-state index contributed by atoms with van der Waals surface area (Å²) in [6.07, 6.45) is 6.91. The molecule has 1 fully saturated rings. The van der Waals surface area contributed by atoms with E-state index in [9.17, 15) is 4.39 Å². The Labute approximate surface area is 160 Å². The molecule has 1 aromatic carbocycles. The Hall–Kier alpha value is -2.37. The molecule has 0 aliphatic heterocycles. The van der Waals surface area contributed by atoms with Crippen molar-refractivity contribution in [3.8, 4) is 0 Å². The zero-order valence-corrected chi connectivity index (χ0v) is 16.3. The van der Waals surface area contributed by atoms with Crippen molar-refractivity contribution < 1.29 is 4.39 Å². The first-order valence-electron chi connectivity index (χ1n) is 9.74. The van der Waals surface area contributed by atoms with Gasteiger partial charge in [0.2, 0.25) is 5.95 Å². The fourth-order valence-corrected chi connectivity index (χ4v) is 3.48. The van der Waals surface area contributed by atoms with E-state index in [1.807, 2.05) is 13.0 Å². The minimum Gasteiger partial charge on any atom is -0.351 e. The van der Waals surface area contributed by atoms with Crippen molar-refractivity contribution in [2.24, 2.45) is 10.9 Å². The lowest BCUT2D eigenvalue weighted by Gasteiger charge is -2.22. The average Bonchev–Trinajstić information content (AvgIpc) is 3.06. The van der Waals surface area contributed by atoms with Gasteiger partial charge in [0.05, 0.1) is 0 Å². The van der Waals surface area contributed by atoms with Crippen LogP contribution < -0.4 is 5.32 Å². The highest BCUT2D eigenvalue weighted by atomic mass is 19.1. The molecule has 1 N–H and O–H groups in total. The minimum atomic E-state index is -1.64. The Morgan fingerprint density at radius 3 is 2.67 bits per heavy atom. The topological polar surface area (TPSA) is 63.1 Å². The van der Waals surface area contributed by atoms with Gasteiger partial charge in [-0.3, -0.25) is 0 Å². The molecule has 2 atom stereocenters. The van der Waals surface area contributed by atoms with E-state index in [0.717, 1.165) is 19.3 Å². The highest BCUT2D eigenvalue weighted by Gasteiger charge is 2.29. The summed E-state index contributed by atoms with van der Waals surface area (Å²) in [4.78, 5) is 17.1. The van der Waals surface area contributed by atoms with Crippen LogP contribution in [0.4, 0.5) is 16.3 Å². The molecule has 1 heterocycles. The number of aromatic nitrogens is 3. The average molecular weight is 369 g/mol. The van der Waals surface area contributed by atoms with E-state index in [0.29, 0.717) is 11.9 Å². The van der Waals surface area contributed by atoms with E-state index < -0.39 is 5.67 Å². The molecular formula is C21H28FN5. The molecular weight excluding hydrogens is 341 g/mol. The molecule has 0 bridgehead atoms. The van der Waals surface area contributed by atoms with Crippen molar-refractivity contribution in [1.82, 2.24) is 15.0 Å². The van der Waals surface area contributed by atoms with Crippen molar-refractivity contribution in [2.45, 2.75) is 64.6 Å². The zero-order valence-electron chi connectivity index (χ0n) is 16.3. The zero-order chi connectivity index (χ0) is 19.3. The molecule has 1 saturated carbocycles. The smallest absolute Gasteiger partial charge is 0.254 e.